The van der Waals surface area contributed by atoms with E-state index >= 15 is 0 Å². The molecule has 1 aromatic rings. The molecular formula is C18H22N2O7S. The topological polar surface area (TPSA) is 103 Å². The van der Waals surface area contributed by atoms with Crippen molar-refractivity contribution in [3.05, 3.63) is 22.6 Å². The largest absolute Gasteiger partial charge is 0.493 e. The molecule has 1 heterocycles. The predicted molar refractivity (Wildman–Crippen MR) is 104 cm³/mol. The molecule has 1 N–H and O–H groups in total. The first-order chi connectivity index (χ1) is 13.4. The Bertz CT molecular complexity index is 769. The fourth-order valence-electron chi connectivity index (χ4n) is 2.46. The lowest BCUT2D eigenvalue weighted by atomic mass is 10.1. The summed E-state index contributed by atoms with van der Waals surface area (Å²) in [6, 6.07) is 3.32. The molecular weight excluding hydrogens is 388 g/mol. The smallest absolute Gasteiger partial charge is 0.294 e. The Balaban J connectivity index is 2.20. The highest BCUT2D eigenvalue weighted by Crippen LogP contribution is 2.40. The van der Waals surface area contributed by atoms with Gasteiger partial charge in [0.25, 0.3) is 11.1 Å². The maximum atomic E-state index is 12.5. The zero-order valence-electron chi connectivity index (χ0n) is 16.1. The molecule has 28 heavy (non-hydrogen) atoms. The van der Waals surface area contributed by atoms with Crippen LogP contribution in [0.2, 0.25) is 0 Å². The number of benzene rings is 1. The Morgan fingerprint density at radius 2 is 1.75 bits per heavy atom. The first-order valence-electron chi connectivity index (χ1n) is 8.26. The van der Waals surface area contributed by atoms with Gasteiger partial charge in [-0.05, 0) is 35.5 Å². The molecule has 1 aromatic carbocycles. The third-order valence-electron chi connectivity index (χ3n) is 3.79. The summed E-state index contributed by atoms with van der Waals surface area (Å²) in [6.07, 6.45) is 1.54. The van der Waals surface area contributed by atoms with Crippen LogP contribution in [0.5, 0.6) is 17.2 Å². The lowest BCUT2D eigenvalue weighted by Gasteiger charge is -2.13. The number of nitrogens with zero attached hydrogens (tertiary/aromatic N) is 1. The molecule has 1 saturated heterocycles. The van der Waals surface area contributed by atoms with Crippen molar-refractivity contribution in [3.63, 3.8) is 0 Å². The third kappa shape index (κ3) is 4.96. The maximum Gasteiger partial charge on any atom is 0.294 e. The summed E-state index contributed by atoms with van der Waals surface area (Å²) in [4.78, 5) is 37.7. The summed E-state index contributed by atoms with van der Waals surface area (Å²) in [5, 5.41) is 2.06. The molecule has 0 atom stereocenters. The Morgan fingerprint density at radius 1 is 1.11 bits per heavy atom. The van der Waals surface area contributed by atoms with Gasteiger partial charge in [-0.25, -0.2) is 0 Å². The Hall–Kier alpha value is -2.72. The van der Waals surface area contributed by atoms with Crippen LogP contribution in [0.4, 0.5) is 4.79 Å². The molecule has 2 rings (SSSR count). The molecule has 9 nitrogen and oxygen atoms in total. The van der Waals surface area contributed by atoms with Gasteiger partial charge in [-0.2, -0.15) is 0 Å². The van der Waals surface area contributed by atoms with Crippen molar-refractivity contribution < 1.29 is 33.3 Å². The highest BCUT2D eigenvalue weighted by atomic mass is 32.2. The minimum absolute atomic E-state index is 0.198. The lowest BCUT2D eigenvalue weighted by molar-refractivity contribution is -0.129. The number of hydrogen-bond acceptors (Lipinski definition) is 8. The van der Waals surface area contributed by atoms with Crippen LogP contribution in [0.1, 0.15) is 5.56 Å². The van der Waals surface area contributed by atoms with E-state index in [1.165, 1.54) is 34.5 Å². The van der Waals surface area contributed by atoms with E-state index in [4.69, 9.17) is 18.9 Å². The van der Waals surface area contributed by atoms with Crippen molar-refractivity contribution in [3.8, 4) is 17.2 Å². The maximum absolute atomic E-state index is 12.5. The molecule has 0 aliphatic carbocycles. The van der Waals surface area contributed by atoms with Gasteiger partial charge in [0, 0.05) is 13.7 Å². The van der Waals surface area contributed by atoms with Gasteiger partial charge < -0.3 is 24.3 Å². The van der Waals surface area contributed by atoms with Gasteiger partial charge >= 0.3 is 0 Å². The van der Waals surface area contributed by atoms with Crippen molar-refractivity contribution in [2.75, 3.05) is 48.1 Å². The van der Waals surface area contributed by atoms with Crippen molar-refractivity contribution in [1.29, 1.82) is 0 Å². The number of hydrogen-bond donors (Lipinski definition) is 1. The van der Waals surface area contributed by atoms with Crippen molar-refractivity contribution in [2.45, 2.75) is 0 Å². The molecule has 1 fully saturated rings. The van der Waals surface area contributed by atoms with Crippen molar-refractivity contribution in [1.82, 2.24) is 10.2 Å². The van der Waals surface area contributed by atoms with Crippen LogP contribution >= 0.6 is 11.8 Å². The van der Waals surface area contributed by atoms with E-state index in [1.54, 1.807) is 12.1 Å². The van der Waals surface area contributed by atoms with Gasteiger partial charge in [0.1, 0.15) is 6.54 Å². The van der Waals surface area contributed by atoms with Crippen LogP contribution in [0.3, 0.4) is 0 Å². The normalized spacial score (nSPS) is 15.1. The Kier molecular flexibility index (Phi) is 7.70. The summed E-state index contributed by atoms with van der Waals surface area (Å²) in [5.74, 6) is 0.289. The summed E-state index contributed by atoms with van der Waals surface area (Å²) in [7, 11) is 5.97. The molecule has 3 amide bonds. The van der Waals surface area contributed by atoms with Crippen LogP contribution in [0.25, 0.3) is 6.08 Å². The van der Waals surface area contributed by atoms with Gasteiger partial charge in [0.2, 0.25) is 11.7 Å². The molecule has 0 radical (unpaired) electrons. The zero-order valence-corrected chi connectivity index (χ0v) is 16.9. The first kappa shape index (κ1) is 21.6. The zero-order chi connectivity index (χ0) is 20.7. The molecule has 0 saturated carbocycles. The number of carbonyl (C=O) groups excluding carboxylic acids is 3. The van der Waals surface area contributed by atoms with Crippen molar-refractivity contribution >= 4 is 34.9 Å². The third-order valence-corrected chi connectivity index (χ3v) is 4.70. The van der Waals surface area contributed by atoms with Crippen molar-refractivity contribution in [2.24, 2.45) is 0 Å². The van der Waals surface area contributed by atoms with E-state index in [1.807, 2.05) is 0 Å². The van der Waals surface area contributed by atoms with Crippen LogP contribution in [0.15, 0.2) is 17.0 Å². The SMILES string of the molecule is COCCNC(=O)CN1C(=O)S/C(=C\c2cc(OC)c(OC)c(OC)c2)C1=O. The second kappa shape index (κ2) is 10.00. The van der Waals surface area contributed by atoms with E-state index in [2.05, 4.69) is 5.32 Å². The van der Waals surface area contributed by atoms with E-state index < -0.39 is 17.1 Å². The average Bonchev–Trinajstić information content (AvgIpc) is 2.94. The second-order valence-corrected chi connectivity index (χ2v) is 6.56. The number of methoxy groups -OCH3 is 4. The number of thioether (sulfide) groups is 1. The fourth-order valence-corrected chi connectivity index (χ4v) is 3.30. The molecule has 1 aliphatic rings. The van der Waals surface area contributed by atoms with E-state index in [9.17, 15) is 14.4 Å². The van der Waals surface area contributed by atoms with Crippen LogP contribution in [0, 0.1) is 0 Å². The fraction of sp³-hybridized carbons (Fsp3) is 0.389. The minimum atomic E-state index is -0.536. The standard InChI is InChI=1S/C18H22N2O7S/c1-24-6-5-19-15(21)10-20-17(22)14(28-18(20)23)9-11-7-12(25-2)16(27-4)13(8-11)26-3/h7-9H,5-6,10H2,1-4H3,(H,19,21)/b14-9-. The van der Waals surface area contributed by atoms with Gasteiger partial charge in [0.15, 0.2) is 11.5 Å². The molecule has 152 valence electrons. The number of carbonyl (C=O) groups is 3. The molecule has 1 aliphatic heterocycles. The lowest BCUT2D eigenvalue weighted by Crippen LogP contribution is -2.40. The molecule has 0 aromatic heterocycles. The van der Waals surface area contributed by atoms with Crippen LogP contribution in [-0.2, 0) is 14.3 Å². The minimum Gasteiger partial charge on any atom is -0.493 e. The first-order valence-corrected chi connectivity index (χ1v) is 9.07. The van der Waals surface area contributed by atoms with Gasteiger partial charge in [-0.1, -0.05) is 0 Å². The van der Waals surface area contributed by atoms with E-state index in [0.717, 1.165) is 16.7 Å². The van der Waals surface area contributed by atoms with Gasteiger partial charge in [-0.15, -0.1) is 0 Å². The van der Waals surface area contributed by atoms with Crippen LogP contribution < -0.4 is 19.5 Å². The second-order valence-electron chi connectivity index (χ2n) is 5.57. The number of nitrogens with one attached hydrogen (secondary N) is 1. The number of imide groups is 1. The highest BCUT2D eigenvalue weighted by molar-refractivity contribution is 8.18. The monoisotopic (exact) mass is 410 g/mol. The summed E-state index contributed by atoms with van der Waals surface area (Å²) >= 11 is 0.765. The molecule has 0 unspecified atom stereocenters. The number of ether oxygens (including phenoxy) is 4. The van der Waals surface area contributed by atoms with Crippen LogP contribution in [-0.4, -0.2) is 70.1 Å². The summed E-state index contributed by atoms with van der Waals surface area (Å²) in [5.41, 5.74) is 0.588. The summed E-state index contributed by atoms with van der Waals surface area (Å²) < 4.78 is 20.7. The van der Waals surface area contributed by atoms with Gasteiger partial charge in [-0.3, -0.25) is 19.3 Å². The Labute approximate surface area is 166 Å². The van der Waals surface area contributed by atoms with Gasteiger partial charge in [0.05, 0.1) is 32.8 Å². The quantitative estimate of drug-likeness (QED) is 0.483. The average molecular weight is 410 g/mol. The number of amides is 3. The highest BCUT2D eigenvalue weighted by Gasteiger charge is 2.36. The van der Waals surface area contributed by atoms with E-state index in [0.29, 0.717) is 36.0 Å². The predicted octanol–water partition coefficient (Wildman–Crippen LogP) is 1.51. The number of rotatable bonds is 9. The Morgan fingerprint density at radius 3 is 2.29 bits per heavy atom. The summed E-state index contributed by atoms with van der Waals surface area (Å²) in [6.45, 7) is 0.294. The molecule has 0 spiro atoms. The molecule has 10 heteroatoms. The molecule has 0 bridgehead atoms. The van der Waals surface area contributed by atoms with E-state index in [-0.39, 0.29) is 11.4 Å².